The molecule has 0 amide bonds. The first-order valence-corrected chi connectivity index (χ1v) is 3.50. The Labute approximate surface area is 56.3 Å². The molecular weight excluding hydrogens is 114 g/mol. The minimum atomic E-state index is 0.139. The van der Waals surface area contributed by atoms with Gasteiger partial charge in [-0.2, -0.15) is 0 Å². The van der Waals surface area contributed by atoms with Gasteiger partial charge in [-0.25, -0.2) is 0 Å². The maximum absolute atomic E-state index is 8.96. The lowest BCUT2D eigenvalue weighted by atomic mass is 9.82. The molecule has 0 aliphatic carbocycles. The van der Waals surface area contributed by atoms with Crippen molar-refractivity contribution in [2.24, 2.45) is 11.3 Å². The Bertz CT molecular complexity index is 105. The number of nitrogens with one attached hydrogen (secondary N) is 1. The quantitative estimate of drug-likeness (QED) is 0.531. The van der Waals surface area contributed by atoms with E-state index in [1.54, 1.807) is 0 Å². The highest BCUT2D eigenvalue weighted by molar-refractivity contribution is 4.88. The summed E-state index contributed by atoms with van der Waals surface area (Å²) in [6.07, 6.45) is 0. The van der Waals surface area contributed by atoms with Crippen LogP contribution in [0.2, 0.25) is 0 Å². The maximum Gasteiger partial charge on any atom is 0.0499 e. The lowest BCUT2D eigenvalue weighted by Crippen LogP contribution is -2.28. The molecule has 0 spiro atoms. The molecule has 2 heteroatoms. The van der Waals surface area contributed by atoms with Gasteiger partial charge in [0.25, 0.3) is 0 Å². The van der Waals surface area contributed by atoms with Crippen molar-refractivity contribution in [3.8, 4) is 0 Å². The normalized spacial score (nSPS) is 43.7. The van der Waals surface area contributed by atoms with Crippen molar-refractivity contribution < 1.29 is 5.11 Å². The van der Waals surface area contributed by atoms with Crippen molar-refractivity contribution >= 4 is 0 Å². The average Bonchev–Trinajstić information content (AvgIpc) is 2.15. The van der Waals surface area contributed by atoms with E-state index in [1.807, 2.05) is 0 Å². The van der Waals surface area contributed by atoms with Gasteiger partial charge < -0.3 is 10.4 Å². The van der Waals surface area contributed by atoms with Gasteiger partial charge in [-0.05, 0) is 12.5 Å². The van der Waals surface area contributed by atoms with Gasteiger partial charge in [-0.3, -0.25) is 0 Å². The third-order valence-corrected chi connectivity index (χ3v) is 2.53. The van der Waals surface area contributed by atoms with Gasteiger partial charge in [0.2, 0.25) is 0 Å². The lowest BCUT2D eigenvalue weighted by molar-refractivity contribution is 0.124. The smallest absolute Gasteiger partial charge is 0.0499 e. The minimum Gasteiger partial charge on any atom is -0.396 e. The summed E-state index contributed by atoms with van der Waals surface area (Å²) in [6, 6.07) is 0. The highest BCUT2D eigenvalue weighted by Gasteiger charge is 2.34. The molecule has 0 aromatic rings. The Kier molecular flexibility index (Phi) is 1.78. The molecular formula is C7H15NO. The molecule has 2 atom stereocenters. The highest BCUT2D eigenvalue weighted by atomic mass is 16.3. The van der Waals surface area contributed by atoms with E-state index in [4.69, 9.17) is 5.11 Å². The van der Waals surface area contributed by atoms with Crippen LogP contribution in [0.15, 0.2) is 0 Å². The number of rotatable bonds is 1. The third-order valence-electron chi connectivity index (χ3n) is 2.53. The molecule has 1 aliphatic rings. The van der Waals surface area contributed by atoms with Gasteiger partial charge in [-0.15, -0.1) is 0 Å². The van der Waals surface area contributed by atoms with E-state index in [2.05, 4.69) is 19.2 Å². The molecule has 54 valence electrons. The monoisotopic (exact) mass is 129 g/mol. The zero-order valence-corrected chi connectivity index (χ0v) is 6.15. The van der Waals surface area contributed by atoms with E-state index in [-0.39, 0.29) is 5.41 Å². The van der Waals surface area contributed by atoms with Crippen LogP contribution in [0, 0.1) is 11.3 Å². The van der Waals surface area contributed by atoms with Crippen molar-refractivity contribution in [3.05, 3.63) is 0 Å². The number of aliphatic hydroxyl groups excluding tert-OH is 1. The number of hydrogen-bond donors (Lipinski definition) is 2. The molecule has 2 nitrogen and oxygen atoms in total. The molecule has 9 heavy (non-hydrogen) atoms. The van der Waals surface area contributed by atoms with Crippen molar-refractivity contribution in [3.63, 3.8) is 0 Å². The van der Waals surface area contributed by atoms with Crippen LogP contribution in [0.25, 0.3) is 0 Å². The molecule has 1 heterocycles. The van der Waals surface area contributed by atoms with Gasteiger partial charge in [-0.1, -0.05) is 13.8 Å². The Hall–Kier alpha value is -0.0800. The fourth-order valence-corrected chi connectivity index (χ4v) is 1.21. The van der Waals surface area contributed by atoms with Crippen molar-refractivity contribution in [1.29, 1.82) is 0 Å². The molecule has 0 aromatic carbocycles. The van der Waals surface area contributed by atoms with Crippen LogP contribution in [0.1, 0.15) is 13.8 Å². The highest BCUT2D eigenvalue weighted by Crippen LogP contribution is 2.29. The number of hydrogen-bond acceptors (Lipinski definition) is 2. The van der Waals surface area contributed by atoms with E-state index >= 15 is 0 Å². The van der Waals surface area contributed by atoms with Crippen molar-refractivity contribution in [2.45, 2.75) is 13.8 Å². The molecule has 1 aliphatic heterocycles. The third kappa shape index (κ3) is 1.10. The topological polar surface area (TPSA) is 32.3 Å². The molecule has 0 bridgehead atoms. The first kappa shape index (κ1) is 7.03. The van der Waals surface area contributed by atoms with Crippen LogP contribution in [-0.2, 0) is 0 Å². The zero-order valence-electron chi connectivity index (χ0n) is 6.15. The molecule has 0 radical (unpaired) electrons. The van der Waals surface area contributed by atoms with E-state index in [0.29, 0.717) is 12.5 Å². The summed E-state index contributed by atoms with van der Waals surface area (Å²) >= 11 is 0. The summed E-state index contributed by atoms with van der Waals surface area (Å²) in [5.41, 5.74) is 0.139. The lowest BCUT2D eigenvalue weighted by Gasteiger charge is -2.24. The van der Waals surface area contributed by atoms with Gasteiger partial charge in [0.05, 0.1) is 0 Å². The van der Waals surface area contributed by atoms with Gasteiger partial charge in [0.1, 0.15) is 0 Å². The second kappa shape index (κ2) is 2.27. The maximum atomic E-state index is 8.96. The Balaban J connectivity index is 2.56. The van der Waals surface area contributed by atoms with Gasteiger partial charge >= 0.3 is 0 Å². The Morgan fingerprint density at radius 3 is 2.67 bits per heavy atom. The molecule has 1 rings (SSSR count). The summed E-state index contributed by atoms with van der Waals surface area (Å²) in [6.45, 7) is 6.62. The SMILES string of the molecule is C[C@H]1CNC[C@]1(C)CO. The van der Waals surface area contributed by atoms with Crippen molar-refractivity contribution in [2.75, 3.05) is 19.7 Å². The first-order chi connectivity index (χ1) is 4.19. The van der Waals surface area contributed by atoms with E-state index in [9.17, 15) is 0 Å². The standard InChI is InChI=1S/C7H15NO/c1-6-3-8-4-7(6,2)5-9/h6,8-9H,3-5H2,1-2H3/t6-,7+/m0/s1. The number of aliphatic hydroxyl groups is 1. The fraction of sp³-hybridized carbons (Fsp3) is 1.00. The van der Waals surface area contributed by atoms with Crippen LogP contribution in [-0.4, -0.2) is 24.8 Å². The molecule has 1 fully saturated rings. The van der Waals surface area contributed by atoms with Crippen LogP contribution in [0.5, 0.6) is 0 Å². The summed E-state index contributed by atoms with van der Waals surface area (Å²) in [5.74, 6) is 0.613. The molecule has 2 N–H and O–H groups in total. The van der Waals surface area contributed by atoms with Crippen LogP contribution >= 0.6 is 0 Å². The van der Waals surface area contributed by atoms with Crippen LogP contribution in [0.3, 0.4) is 0 Å². The second-order valence-corrected chi connectivity index (χ2v) is 3.34. The van der Waals surface area contributed by atoms with Gasteiger partial charge in [0, 0.05) is 18.6 Å². The molecule has 0 aromatic heterocycles. The van der Waals surface area contributed by atoms with Gasteiger partial charge in [0.15, 0.2) is 0 Å². The second-order valence-electron chi connectivity index (χ2n) is 3.34. The average molecular weight is 129 g/mol. The summed E-state index contributed by atoms with van der Waals surface area (Å²) in [7, 11) is 0. The zero-order chi connectivity index (χ0) is 6.91. The Morgan fingerprint density at radius 2 is 2.44 bits per heavy atom. The summed E-state index contributed by atoms with van der Waals surface area (Å²) in [5, 5.41) is 12.2. The summed E-state index contributed by atoms with van der Waals surface area (Å²) < 4.78 is 0. The van der Waals surface area contributed by atoms with E-state index in [1.165, 1.54) is 0 Å². The van der Waals surface area contributed by atoms with Crippen LogP contribution < -0.4 is 5.32 Å². The Morgan fingerprint density at radius 1 is 1.78 bits per heavy atom. The van der Waals surface area contributed by atoms with E-state index < -0.39 is 0 Å². The first-order valence-electron chi connectivity index (χ1n) is 3.50. The fourth-order valence-electron chi connectivity index (χ4n) is 1.21. The predicted molar refractivity (Wildman–Crippen MR) is 37.2 cm³/mol. The predicted octanol–water partition coefficient (Wildman–Crippen LogP) is 0.224. The molecule has 1 saturated heterocycles. The van der Waals surface area contributed by atoms with Crippen molar-refractivity contribution in [1.82, 2.24) is 5.32 Å². The van der Waals surface area contributed by atoms with E-state index in [0.717, 1.165) is 13.1 Å². The minimum absolute atomic E-state index is 0.139. The largest absolute Gasteiger partial charge is 0.396 e. The van der Waals surface area contributed by atoms with Crippen LogP contribution in [0.4, 0.5) is 0 Å². The molecule has 0 saturated carbocycles. The summed E-state index contributed by atoms with van der Waals surface area (Å²) in [4.78, 5) is 0. The molecule has 0 unspecified atom stereocenters.